The molecule has 0 bridgehead atoms. The smallest absolute Gasteiger partial charge is 0.144 e. The Kier molecular flexibility index (Phi) is 4.96. The summed E-state index contributed by atoms with van der Waals surface area (Å²) in [4.78, 5) is 0. The van der Waals surface area contributed by atoms with Crippen molar-refractivity contribution >= 4 is 20.4 Å². The van der Waals surface area contributed by atoms with Gasteiger partial charge < -0.3 is 0 Å². The minimum atomic E-state index is 0.260. The second kappa shape index (κ2) is 4.60. The monoisotopic (exact) mass is 152 g/mol. The molecule has 0 aromatic rings. The molecule has 0 aliphatic carbocycles. The van der Waals surface area contributed by atoms with Crippen molar-refractivity contribution in [3.63, 3.8) is 0 Å². The van der Waals surface area contributed by atoms with E-state index in [1.165, 1.54) is 9.10 Å². The zero-order valence-corrected chi connectivity index (χ0v) is 9.61. The van der Waals surface area contributed by atoms with Gasteiger partial charge in [0.2, 0.25) is 0 Å². The quantitative estimate of drug-likeness (QED) is 0.545. The minimum absolute atomic E-state index is 0.260. The molecule has 0 saturated carbocycles. The molecule has 0 radical (unpaired) electrons. The Morgan fingerprint density at radius 2 is 1.70 bits per heavy atom. The summed E-state index contributed by atoms with van der Waals surface area (Å²) >= 11 is 0.260. The molecule has 0 saturated heterocycles. The van der Waals surface area contributed by atoms with Gasteiger partial charge in [-0.25, -0.2) is 0 Å². The zero-order valence-electron chi connectivity index (χ0n) is 8.20. The van der Waals surface area contributed by atoms with Crippen molar-refractivity contribution < 1.29 is 0 Å². The standard InChI is InChI=1S/C5H11.C4H9.Mg/c1-5(2,3)4;1-4(2)3;/h1H2,2-4H3;4H,1H2,2-3H3;. The van der Waals surface area contributed by atoms with Gasteiger partial charge in [0.25, 0.3) is 0 Å². The number of hydrogen-bond acceptors (Lipinski definition) is 0. The normalized spacial score (nSPS) is 11.8. The Balaban J connectivity index is 3.21. The van der Waals surface area contributed by atoms with Gasteiger partial charge in [0.05, 0.1) is 0 Å². The van der Waals surface area contributed by atoms with Crippen molar-refractivity contribution in [2.75, 3.05) is 0 Å². The summed E-state index contributed by atoms with van der Waals surface area (Å²) in [5, 5.41) is 0. The van der Waals surface area contributed by atoms with Crippen LogP contribution < -0.4 is 0 Å². The average Bonchev–Trinajstić information content (AvgIpc) is 1.59. The van der Waals surface area contributed by atoms with Crippen molar-refractivity contribution in [1.29, 1.82) is 0 Å². The molecule has 0 rings (SSSR count). The van der Waals surface area contributed by atoms with E-state index in [4.69, 9.17) is 0 Å². The molecule has 0 spiro atoms. The highest BCUT2D eigenvalue weighted by atomic mass is 24.5. The van der Waals surface area contributed by atoms with E-state index < -0.39 is 0 Å². The molecule has 0 atom stereocenters. The largest absolute Gasteiger partial charge is 0.365 e. The van der Waals surface area contributed by atoms with Crippen LogP contribution >= 0.6 is 0 Å². The first-order valence-electron chi connectivity index (χ1n) is 4.42. The fourth-order valence-corrected chi connectivity index (χ4v) is 3.12. The fraction of sp³-hybridized carbons (Fsp3) is 1.00. The Morgan fingerprint density at radius 3 is 2.00 bits per heavy atom. The van der Waals surface area contributed by atoms with Gasteiger partial charge in [0.1, 0.15) is 0 Å². The second-order valence-corrected chi connectivity index (χ2v) is 6.63. The molecule has 1 heteroatoms. The van der Waals surface area contributed by atoms with Crippen LogP contribution in [0.25, 0.3) is 0 Å². The lowest BCUT2D eigenvalue weighted by molar-refractivity contribution is 0.465. The van der Waals surface area contributed by atoms with Crippen LogP contribution in [0.5, 0.6) is 0 Å². The molecule has 0 aromatic carbocycles. The van der Waals surface area contributed by atoms with Gasteiger partial charge in [-0.3, -0.25) is 0 Å². The molecule has 0 unspecified atom stereocenters. The lowest BCUT2D eigenvalue weighted by atomic mass is 10.0. The topological polar surface area (TPSA) is 0 Å². The van der Waals surface area contributed by atoms with Crippen LogP contribution in [-0.4, -0.2) is 20.4 Å². The van der Waals surface area contributed by atoms with Gasteiger partial charge >= 0.3 is 20.4 Å². The Hall–Kier alpha value is 0.766. The highest BCUT2D eigenvalue weighted by molar-refractivity contribution is 6.35. The van der Waals surface area contributed by atoms with Crippen LogP contribution in [0.15, 0.2) is 0 Å². The Bertz CT molecular complexity index is 79.2. The third kappa shape index (κ3) is 8.77. The SMILES string of the molecule is CC(C)[CH2][Mg][CH2]C(C)(C)C. The van der Waals surface area contributed by atoms with E-state index in [0.29, 0.717) is 5.41 Å². The summed E-state index contributed by atoms with van der Waals surface area (Å²) in [6.45, 7) is 11.7. The molecule has 0 fully saturated rings. The fourth-order valence-electron chi connectivity index (χ4n) is 1.04. The zero-order chi connectivity index (χ0) is 8.20. The molecule has 0 heterocycles. The maximum absolute atomic E-state index is 2.35. The highest BCUT2D eigenvalue weighted by Crippen LogP contribution is 2.19. The lowest BCUT2D eigenvalue weighted by Gasteiger charge is -2.17. The number of hydrogen-bond donors (Lipinski definition) is 0. The summed E-state index contributed by atoms with van der Waals surface area (Å²) in [6, 6.07) is 0. The van der Waals surface area contributed by atoms with Gasteiger partial charge in [-0.2, -0.15) is 0 Å². The Labute approximate surface area is 75.5 Å². The van der Waals surface area contributed by atoms with Crippen LogP contribution in [0.2, 0.25) is 9.10 Å². The lowest BCUT2D eigenvalue weighted by Crippen LogP contribution is -2.09. The van der Waals surface area contributed by atoms with E-state index in [9.17, 15) is 0 Å². The van der Waals surface area contributed by atoms with Crippen molar-refractivity contribution in [3.05, 3.63) is 0 Å². The van der Waals surface area contributed by atoms with E-state index in [2.05, 4.69) is 34.6 Å². The predicted molar refractivity (Wildman–Crippen MR) is 49.7 cm³/mol. The van der Waals surface area contributed by atoms with Crippen molar-refractivity contribution in [1.82, 2.24) is 0 Å². The summed E-state index contributed by atoms with van der Waals surface area (Å²) in [5.41, 5.74) is 0.598. The summed E-state index contributed by atoms with van der Waals surface area (Å²) in [6.07, 6.45) is 0. The molecule has 58 valence electrons. The van der Waals surface area contributed by atoms with Crippen molar-refractivity contribution in [2.24, 2.45) is 11.3 Å². The van der Waals surface area contributed by atoms with E-state index in [-0.39, 0.29) is 20.4 Å². The minimum Gasteiger partial charge on any atom is -0.144 e. The second-order valence-electron chi connectivity index (χ2n) is 4.85. The summed E-state index contributed by atoms with van der Waals surface area (Å²) in [7, 11) is 0. The molecule has 0 aliphatic heterocycles. The number of rotatable bonds is 3. The molecule has 10 heavy (non-hydrogen) atoms. The third-order valence-electron chi connectivity index (χ3n) is 1.71. The van der Waals surface area contributed by atoms with Crippen LogP contribution in [0.1, 0.15) is 34.6 Å². The first-order valence-corrected chi connectivity index (χ1v) is 6.42. The predicted octanol–water partition coefficient (Wildman–Crippen LogP) is 3.23. The summed E-state index contributed by atoms with van der Waals surface area (Å²) < 4.78 is 3.03. The molecule has 0 aromatic heterocycles. The molecule has 0 aliphatic rings. The molecular weight excluding hydrogens is 132 g/mol. The van der Waals surface area contributed by atoms with Gasteiger partial charge in [0, 0.05) is 0 Å². The summed E-state index contributed by atoms with van der Waals surface area (Å²) in [5.74, 6) is 0.939. The van der Waals surface area contributed by atoms with Crippen LogP contribution in [0.3, 0.4) is 0 Å². The van der Waals surface area contributed by atoms with Crippen molar-refractivity contribution in [2.45, 2.75) is 43.7 Å². The van der Waals surface area contributed by atoms with Crippen LogP contribution in [-0.2, 0) is 0 Å². The maximum atomic E-state index is 2.35. The van der Waals surface area contributed by atoms with E-state index in [1.807, 2.05) is 0 Å². The highest BCUT2D eigenvalue weighted by Gasteiger charge is 2.11. The van der Waals surface area contributed by atoms with Gasteiger partial charge in [-0.05, 0) is 0 Å². The third-order valence-corrected chi connectivity index (χ3v) is 5.12. The first-order chi connectivity index (χ1) is 4.42. The van der Waals surface area contributed by atoms with E-state index >= 15 is 0 Å². The van der Waals surface area contributed by atoms with Gasteiger partial charge in [-0.1, -0.05) is 46.0 Å². The molecule has 0 N–H and O–H groups in total. The van der Waals surface area contributed by atoms with Crippen LogP contribution in [0, 0.1) is 11.3 Å². The maximum Gasteiger partial charge on any atom is 0.365 e. The van der Waals surface area contributed by atoms with E-state index in [1.54, 1.807) is 0 Å². The molecule has 0 nitrogen and oxygen atoms in total. The van der Waals surface area contributed by atoms with Gasteiger partial charge in [0.15, 0.2) is 0 Å². The van der Waals surface area contributed by atoms with Crippen LogP contribution in [0.4, 0.5) is 0 Å². The molecule has 0 amide bonds. The van der Waals surface area contributed by atoms with E-state index in [0.717, 1.165) is 5.92 Å². The first kappa shape index (κ1) is 10.8. The molecular formula is C9H20Mg. The Morgan fingerprint density at radius 1 is 1.20 bits per heavy atom. The van der Waals surface area contributed by atoms with Gasteiger partial charge in [-0.15, -0.1) is 9.10 Å². The average molecular weight is 153 g/mol. The van der Waals surface area contributed by atoms with Crippen molar-refractivity contribution in [3.8, 4) is 0 Å².